The first-order valence-corrected chi connectivity index (χ1v) is 12.8. The quantitative estimate of drug-likeness (QED) is 0.408. The van der Waals surface area contributed by atoms with Crippen molar-refractivity contribution < 1.29 is 9.47 Å². The molecule has 0 unspecified atom stereocenters. The monoisotopic (exact) mass is 490 g/mol. The molecular formula is C26H34N8O2. The SMILES string of the molecule is COCC1CCN(Cc2nc3c(N4CCOCC4)nc(-n4c(C)nc5ccccc54)nc3n2C)CC1. The van der Waals surface area contributed by atoms with Crippen LogP contribution in [0.4, 0.5) is 5.82 Å². The first-order valence-electron chi connectivity index (χ1n) is 12.8. The highest BCUT2D eigenvalue weighted by molar-refractivity contribution is 5.86. The van der Waals surface area contributed by atoms with Crippen molar-refractivity contribution in [3.8, 4) is 5.95 Å². The summed E-state index contributed by atoms with van der Waals surface area (Å²) in [6.07, 6.45) is 2.32. The number of aromatic nitrogens is 6. The first kappa shape index (κ1) is 23.3. The number of piperidine rings is 1. The molecule has 0 amide bonds. The molecule has 10 nitrogen and oxygen atoms in total. The molecule has 190 valence electrons. The maximum Gasteiger partial charge on any atom is 0.239 e. The van der Waals surface area contributed by atoms with Crippen LogP contribution in [0.25, 0.3) is 28.1 Å². The largest absolute Gasteiger partial charge is 0.384 e. The zero-order valence-electron chi connectivity index (χ0n) is 21.4. The summed E-state index contributed by atoms with van der Waals surface area (Å²) in [6.45, 7) is 8.72. The zero-order chi connectivity index (χ0) is 24.6. The van der Waals surface area contributed by atoms with Crippen LogP contribution < -0.4 is 4.90 Å². The van der Waals surface area contributed by atoms with Gasteiger partial charge in [0.05, 0.1) is 30.8 Å². The molecule has 0 aliphatic carbocycles. The molecule has 1 aromatic carbocycles. The number of nitrogens with zero attached hydrogens (tertiary/aromatic N) is 8. The average Bonchev–Trinajstić information content (AvgIpc) is 3.41. The molecule has 2 aliphatic heterocycles. The number of imidazole rings is 2. The molecule has 0 bridgehead atoms. The lowest BCUT2D eigenvalue weighted by atomic mass is 9.98. The molecule has 36 heavy (non-hydrogen) atoms. The molecule has 10 heteroatoms. The number of methoxy groups -OCH3 is 1. The van der Waals surface area contributed by atoms with E-state index in [1.807, 2.05) is 29.7 Å². The van der Waals surface area contributed by atoms with Gasteiger partial charge < -0.3 is 18.9 Å². The van der Waals surface area contributed by atoms with Crippen LogP contribution in [0.1, 0.15) is 24.5 Å². The summed E-state index contributed by atoms with van der Waals surface area (Å²) in [5, 5.41) is 0. The molecular weight excluding hydrogens is 456 g/mol. The Morgan fingerprint density at radius 2 is 1.78 bits per heavy atom. The fraction of sp³-hybridized carbons (Fsp3) is 0.538. The van der Waals surface area contributed by atoms with Gasteiger partial charge in [-0.1, -0.05) is 12.1 Å². The van der Waals surface area contributed by atoms with E-state index in [0.29, 0.717) is 25.1 Å². The molecule has 3 aromatic heterocycles. The number of ether oxygens (including phenoxy) is 2. The highest BCUT2D eigenvalue weighted by atomic mass is 16.5. The molecule has 0 spiro atoms. The number of anilines is 1. The van der Waals surface area contributed by atoms with Crippen molar-refractivity contribution in [2.24, 2.45) is 13.0 Å². The van der Waals surface area contributed by atoms with Crippen LogP contribution in [-0.2, 0) is 23.1 Å². The molecule has 2 fully saturated rings. The second kappa shape index (κ2) is 9.76. The topological polar surface area (TPSA) is 86.4 Å². The van der Waals surface area contributed by atoms with Gasteiger partial charge in [0.1, 0.15) is 11.6 Å². The Morgan fingerprint density at radius 1 is 1.00 bits per heavy atom. The van der Waals surface area contributed by atoms with Crippen LogP contribution in [0.2, 0.25) is 0 Å². The molecule has 0 radical (unpaired) electrons. The molecule has 5 heterocycles. The third-order valence-corrected chi connectivity index (χ3v) is 7.49. The number of benzene rings is 1. The predicted octanol–water partition coefficient (Wildman–Crippen LogP) is 2.71. The van der Waals surface area contributed by atoms with E-state index in [0.717, 1.165) is 91.8 Å². The van der Waals surface area contributed by atoms with Crippen LogP contribution in [0.3, 0.4) is 0 Å². The summed E-state index contributed by atoms with van der Waals surface area (Å²) in [6, 6.07) is 8.13. The van der Waals surface area contributed by atoms with E-state index in [1.165, 1.54) is 0 Å². The standard InChI is InChI=1S/C26H34N8O2/c1-18-27-20-6-4-5-7-21(20)34(18)26-29-24-23(25(30-26)33-12-14-36-15-13-33)28-22(31(24)2)16-32-10-8-19(9-11-32)17-35-3/h4-7,19H,8-17H2,1-3H3. The fourth-order valence-corrected chi connectivity index (χ4v) is 5.46. The van der Waals surface area contributed by atoms with E-state index < -0.39 is 0 Å². The third kappa shape index (κ3) is 4.23. The van der Waals surface area contributed by atoms with Crippen molar-refractivity contribution in [3.63, 3.8) is 0 Å². The Hall–Kier alpha value is -3.08. The van der Waals surface area contributed by atoms with Gasteiger partial charge in [-0.05, 0) is 50.9 Å². The summed E-state index contributed by atoms with van der Waals surface area (Å²) in [5.41, 5.74) is 3.65. The average molecular weight is 491 g/mol. The number of likely N-dealkylation sites (tertiary alicyclic amines) is 1. The Bertz CT molecular complexity index is 1370. The smallest absolute Gasteiger partial charge is 0.239 e. The van der Waals surface area contributed by atoms with E-state index in [9.17, 15) is 0 Å². The summed E-state index contributed by atoms with van der Waals surface area (Å²) < 4.78 is 15.2. The van der Waals surface area contributed by atoms with Crippen LogP contribution in [0, 0.1) is 12.8 Å². The van der Waals surface area contributed by atoms with Crippen molar-refractivity contribution >= 4 is 28.0 Å². The fourth-order valence-electron chi connectivity index (χ4n) is 5.46. The third-order valence-electron chi connectivity index (χ3n) is 7.49. The van der Waals surface area contributed by atoms with Gasteiger partial charge in [0.2, 0.25) is 5.95 Å². The lowest BCUT2D eigenvalue weighted by Crippen LogP contribution is -2.37. The van der Waals surface area contributed by atoms with E-state index in [1.54, 1.807) is 7.11 Å². The number of para-hydroxylation sites is 2. The number of hydrogen-bond donors (Lipinski definition) is 0. The lowest BCUT2D eigenvalue weighted by Gasteiger charge is -2.31. The maximum atomic E-state index is 5.63. The highest BCUT2D eigenvalue weighted by Crippen LogP contribution is 2.29. The summed E-state index contributed by atoms with van der Waals surface area (Å²) >= 11 is 0. The van der Waals surface area contributed by atoms with E-state index in [2.05, 4.69) is 27.5 Å². The van der Waals surface area contributed by atoms with Gasteiger partial charge in [-0.3, -0.25) is 9.47 Å². The van der Waals surface area contributed by atoms with Gasteiger partial charge in [-0.15, -0.1) is 0 Å². The number of fused-ring (bicyclic) bond motifs is 2. The Morgan fingerprint density at radius 3 is 2.56 bits per heavy atom. The van der Waals surface area contributed by atoms with Gasteiger partial charge in [0.15, 0.2) is 17.0 Å². The maximum absolute atomic E-state index is 5.63. The van der Waals surface area contributed by atoms with Crippen molar-refractivity contribution in [2.45, 2.75) is 26.3 Å². The summed E-state index contributed by atoms with van der Waals surface area (Å²) in [5.74, 6) is 4.04. The van der Waals surface area contributed by atoms with E-state index >= 15 is 0 Å². The van der Waals surface area contributed by atoms with Gasteiger partial charge in [-0.2, -0.15) is 9.97 Å². The normalized spacial score (nSPS) is 18.0. The molecule has 0 atom stereocenters. The van der Waals surface area contributed by atoms with E-state index in [-0.39, 0.29) is 0 Å². The van der Waals surface area contributed by atoms with Crippen molar-refractivity contribution in [3.05, 3.63) is 35.9 Å². The van der Waals surface area contributed by atoms with Crippen molar-refractivity contribution in [1.29, 1.82) is 0 Å². The lowest BCUT2D eigenvalue weighted by molar-refractivity contribution is 0.0955. The number of aryl methyl sites for hydroxylation is 2. The van der Waals surface area contributed by atoms with E-state index in [4.69, 9.17) is 29.4 Å². The summed E-state index contributed by atoms with van der Waals surface area (Å²) in [4.78, 5) is 24.8. The highest BCUT2D eigenvalue weighted by Gasteiger charge is 2.25. The van der Waals surface area contributed by atoms with Gasteiger partial charge in [0, 0.05) is 33.9 Å². The van der Waals surface area contributed by atoms with Crippen LogP contribution >= 0.6 is 0 Å². The Kier molecular flexibility index (Phi) is 6.32. The minimum absolute atomic E-state index is 0.630. The molecule has 2 saturated heterocycles. The first-order chi connectivity index (χ1) is 17.6. The second-order valence-corrected chi connectivity index (χ2v) is 9.86. The minimum Gasteiger partial charge on any atom is -0.384 e. The van der Waals surface area contributed by atoms with Gasteiger partial charge >= 0.3 is 0 Å². The van der Waals surface area contributed by atoms with Crippen LogP contribution in [0.15, 0.2) is 24.3 Å². The molecule has 2 aliphatic rings. The Labute approximate surface area is 210 Å². The van der Waals surface area contributed by atoms with Crippen molar-refractivity contribution in [2.75, 3.05) is 58.0 Å². The zero-order valence-corrected chi connectivity index (χ0v) is 21.4. The molecule has 4 aromatic rings. The second-order valence-electron chi connectivity index (χ2n) is 9.86. The minimum atomic E-state index is 0.630. The molecule has 0 N–H and O–H groups in total. The van der Waals surface area contributed by atoms with Gasteiger partial charge in [-0.25, -0.2) is 9.97 Å². The number of morpholine rings is 1. The number of hydrogen-bond acceptors (Lipinski definition) is 8. The van der Waals surface area contributed by atoms with Gasteiger partial charge in [0.25, 0.3) is 0 Å². The Balaban J connectivity index is 1.41. The van der Waals surface area contributed by atoms with Crippen LogP contribution in [0.5, 0.6) is 0 Å². The predicted molar refractivity (Wildman–Crippen MR) is 139 cm³/mol. The number of rotatable bonds is 6. The van der Waals surface area contributed by atoms with Crippen molar-refractivity contribution in [1.82, 2.24) is 34.0 Å². The molecule has 0 saturated carbocycles. The van der Waals surface area contributed by atoms with Crippen LogP contribution in [-0.4, -0.2) is 87.1 Å². The summed E-state index contributed by atoms with van der Waals surface area (Å²) in [7, 11) is 3.86. The molecule has 6 rings (SSSR count).